The minimum absolute atomic E-state index is 0.288. The van der Waals surface area contributed by atoms with E-state index in [-0.39, 0.29) is 5.41 Å². The number of ether oxygens (including phenoxy) is 2. The van der Waals surface area contributed by atoms with E-state index >= 15 is 0 Å². The summed E-state index contributed by atoms with van der Waals surface area (Å²) in [7, 11) is -0.654. The van der Waals surface area contributed by atoms with Crippen LogP contribution >= 0.6 is 0 Å². The number of hydrogen-bond donors (Lipinski definition) is 2. The van der Waals surface area contributed by atoms with E-state index in [4.69, 9.17) is 13.9 Å². The molecular formula is C16H33NO6Si. The van der Waals surface area contributed by atoms with Crippen LogP contribution < -0.4 is 5.32 Å². The van der Waals surface area contributed by atoms with Crippen LogP contribution in [-0.2, 0) is 18.7 Å². The molecule has 24 heavy (non-hydrogen) atoms. The average molecular weight is 364 g/mol. The second-order valence-corrected chi connectivity index (χ2v) is 10.7. The highest BCUT2D eigenvalue weighted by molar-refractivity contribution is 6.48. The number of alkyl carbamates (subject to hydrolysis) is 1. The Morgan fingerprint density at radius 3 is 1.96 bits per heavy atom. The van der Waals surface area contributed by atoms with E-state index in [1.807, 2.05) is 33.9 Å². The molecule has 0 aliphatic carbocycles. The molecule has 0 saturated heterocycles. The molecule has 0 aliphatic heterocycles. The van der Waals surface area contributed by atoms with Crippen molar-refractivity contribution in [3.63, 3.8) is 0 Å². The Kier molecular flexibility index (Phi) is 7.92. The van der Waals surface area contributed by atoms with Gasteiger partial charge < -0.3 is 24.3 Å². The van der Waals surface area contributed by atoms with E-state index in [0.29, 0.717) is 6.42 Å². The molecule has 2 atom stereocenters. The summed E-state index contributed by atoms with van der Waals surface area (Å²) in [4.78, 5) is 24.4. The van der Waals surface area contributed by atoms with Gasteiger partial charge in [-0.05, 0) is 45.7 Å². The van der Waals surface area contributed by atoms with E-state index in [2.05, 4.69) is 5.32 Å². The van der Waals surface area contributed by atoms with Gasteiger partial charge in [-0.2, -0.15) is 0 Å². The van der Waals surface area contributed by atoms with Crippen LogP contribution in [0.1, 0.15) is 48.0 Å². The van der Waals surface area contributed by atoms with Crippen LogP contribution in [0.4, 0.5) is 4.79 Å². The number of methoxy groups -OCH3 is 1. The maximum Gasteiger partial charge on any atom is 0.408 e. The van der Waals surface area contributed by atoms with Gasteiger partial charge in [0.2, 0.25) is 0 Å². The minimum atomic E-state index is -2.25. The van der Waals surface area contributed by atoms with Crippen molar-refractivity contribution in [1.29, 1.82) is 0 Å². The van der Waals surface area contributed by atoms with E-state index in [1.54, 1.807) is 20.8 Å². The molecule has 0 aromatic rings. The van der Waals surface area contributed by atoms with Crippen LogP contribution in [-0.4, -0.2) is 50.7 Å². The molecule has 0 heterocycles. The van der Waals surface area contributed by atoms with Gasteiger partial charge in [0.05, 0.1) is 13.2 Å². The number of nitrogens with one attached hydrogen (secondary N) is 1. The summed E-state index contributed by atoms with van der Waals surface area (Å²) in [6.07, 6.45) is -0.438. The normalized spacial score (nSPS) is 16.3. The van der Waals surface area contributed by atoms with Gasteiger partial charge in [-0.1, -0.05) is 20.8 Å². The third-order valence-electron chi connectivity index (χ3n) is 2.87. The van der Waals surface area contributed by atoms with E-state index < -0.39 is 38.5 Å². The van der Waals surface area contributed by atoms with E-state index in [0.717, 1.165) is 0 Å². The van der Waals surface area contributed by atoms with Gasteiger partial charge in [-0.3, -0.25) is 0 Å². The molecule has 0 rings (SSSR count). The minimum Gasteiger partial charge on any atom is -0.465 e. The van der Waals surface area contributed by atoms with Crippen molar-refractivity contribution in [3.8, 4) is 0 Å². The van der Waals surface area contributed by atoms with Crippen molar-refractivity contribution in [1.82, 2.24) is 5.32 Å². The highest BCUT2D eigenvalue weighted by Crippen LogP contribution is 2.29. The Hall–Kier alpha value is -1.12. The molecule has 0 aliphatic rings. The van der Waals surface area contributed by atoms with Crippen LogP contribution in [0.3, 0.4) is 0 Å². The predicted octanol–water partition coefficient (Wildman–Crippen LogP) is 2.18. The van der Waals surface area contributed by atoms with Gasteiger partial charge in [0.15, 0.2) is 9.04 Å². The summed E-state index contributed by atoms with van der Waals surface area (Å²) in [6, 6.07) is -1.00. The fraction of sp³-hybridized carbons (Fsp3) is 0.875. The quantitative estimate of drug-likeness (QED) is 0.427. The summed E-state index contributed by atoms with van der Waals surface area (Å²) in [5.74, 6) is -3.19. The number of hydrogen-bond acceptors (Lipinski definition) is 6. The molecule has 0 radical (unpaired) electrons. The molecule has 0 saturated carbocycles. The lowest BCUT2D eigenvalue weighted by molar-refractivity contribution is -0.209. The topological polar surface area (TPSA) is 94.1 Å². The molecular weight excluding hydrogens is 330 g/mol. The lowest BCUT2D eigenvalue weighted by Gasteiger charge is -2.38. The van der Waals surface area contributed by atoms with Gasteiger partial charge >= 0.3 is 12.1 Å². The molecule has 0 spiro atoms. The first-order valence-corrected chi connectivity index (χ1v) is 10.9. The summed E-state index contributed by atoms with van der Waals surface area (Å²) >= 11 is 0. The Balaban J connectivity index is 5.62. The van der Waals surface area contributed by atoms with Crippen LogP contribution in [0.5, 0.6) is 0 Å². The highest BCUT2D eigenvalue weighted by Gasteiger charge is 2.49. The zero-order chi connectivity index (χ0) is 19.3. The maximum absolute atomic E-state index is 12.2. The van der Waals surface area contributed by atoms with Crippen molar-refractivity contribution in [3.05, 3.63) is 0 Å². The summed E-state index contributed by atoms with van der Waals surface area (Å²) in [6.45, 7) is 14.6. The van der Waals surface area contributed by atoms with Crippen molar-refractivity contribution in [2.75, 3.05) is 7.11 Å². The Labute approximate surface area is 146 Å². The van der Waals surface area contributed by atoms with Gasteiger partial charge in [-0.15, -0.1) is 0 Å². The predicted molar refractivity (Wildman–Crippen MR) is 94.2 cm³/mol. The third kappa shape index (κ3) is 8.12. The largest absolute Gasteiger partial charge is 0.465 e. The second-order valence-electron chi connectivity index (χ2n) is 8.32. The number of carbonyl (C=O) groups is 2. The summed E-state index contributed by atoms with van der Waals surface area (Å²) in [5.41, 5.74) is -0.989. The first-order valence-electron chi connectivity index (χ1n) is 8.09. The van der Waals surface area contributed by atoms with Gasteiger partial charge in [0.1, 0.15) is 5.60 Å². The van der Waals surface area contributed by atoms with Crippen molar-refractivity contribution in [2.45, 2.75) is 78.5 Å². The Morgan fingerprint density at radius 2 is 1.62 bits per heavy atom. The number of amides is 1. The first kappa shape index (κ1) is 22.9. The first-order chi connectivity index (χ1) is 10.6. The van der Waals surface area contributed by atoms with Crippen LogP contribution in [0.2, 0.25) is 13.1 Å². The van der Waals surface area contributed by atoms with Gasteiger partial charge in [-0.25, -0.2) is 9.59 Å². The highest BCUT2D eigenvalue weighted by atomic mass is 28.3. The molecule has 0 aromatic carbocycles. The van der Waals surface area contributed by atoms with Crippen LogP contribution in [0.25, 0.3) is 0 Å². The zero-order valence-electron chi connectivity index (χ0n) is 16.4. The van der Waals surface area contributed by atoms with E-state index in [9.17, 15) is 14.7 Å². The molecule has 0 bridgehead atoms. The second kappa shape index (κ2) is 8.31. The maximum atomic E-state index is 12.2. The molecule has 7 nitrogen and oxygen atoms in total. The van der Waals surface area contributed by atoms with Crippen molar-refractivity contribution >= 4 is 21.1 Å². The third-order valence-corrected chi connectivity index (χ3v) is 3.70. The van der Waals surface area contributed by atoms with Crippen LogP contribution in [0.15, 0.2) is 0 Å². The Morgan fingerprint density at radius 1 is 1.12 bits per heavy atom. The summed E-state index contributed by atoms with van der Waals surface area (Å²) < 4.78 is 15.5. The van der Waals surface area contributed by atoms with Crippen molar-refractivity contribution < 1.29 is 28.6 Å². The molecule has 0 aromatic heterocycles. The SMILES string of the molecule is COC(=O)[C@@](O)(O[SiH](C)C)[C@@H](CC(C)(C)C)NC(=O)OC(C)(C)C. The van der Waals surface area contributed by atoms with Crippen LogP contribution in [0, 0.1) is 5.41 Å². The van der Waals surface area contributed by atoms with Gasteiger partial charge in [0, 0.05) is 0 Å². The lowest BCUT2D eigenvalue weighted by Crippen LogP contribution is -2.62. The number of carbonyl (C=O) groups excluding carboxylic acids is 2. The molecule has 0 fully saturated rings. The Bertz CT molecular complexity index is 441. The van der Waals surface area contributed by atoms with Crippen molar-refractivity contribution in [2.24, 2.45) is 5.41 Å². The molecule has 0 unspecified atom stereocenters. The average Bonchev–Trinajstić information content (AvgIpc) is 2.31. The van der Waals surface area contributed by atoms with E-state index in [1.165, 1.54) is 7.11 Å². The molecule has 142 valence electrons. The fourth-order valence-corrected chi connectivity index (χ4v) is 3.11. The standard InChI is InChI=1S/C16H33NO6Si/c1-14(2,3)10-11(17-13(19)22-15(4,5)6)16(20,12(18)21-7)23-24(8)9/h11,20,24H,10H2,1-9H3,(H,17,19)/t11-,16+/m1/s1. The molecule has 1 amide bonds. The number of esters is 1. The monoisotopic (exact) mass is 363 g/mol. The van der Waals surface area contributed by atoms with Gasteiger partial charge in [0.25, 0.3) is 5.79 Å². The lowest BCUT2D eigenvalue weighted by atomic mass is 9.85. The molecule has 8 heteroatoms. The smallest absolute Gasteiger partial charge is 0.408 e. The zero-order valence-corrected chi connectivity index (χ0v) is 17.5. The summed E-state index contributed by atoms with van der Waals surface area (Å²) in [5, 5.41) is 13.5. The molecule has 2 N–H and O–H groups in total. The fourth-order valence-electron chi connectivity index (χ4n) is 2.13. The number of rotatable bonds is 6. The number of aliphatic hydroxyl groups is 1.